The van der Waals surface area contributed by atoms with E-state index in [1.54, 1.807) is 37.3 Å². The Hall–Kier alpha value is -2.34. The number of carbonyl (C=O) groups is 1. The lowest BCUT2D eigenvalue weighted by Crippen LogP contribution is -2.11. The van der Waals surface area contributed by atoms with Crippen LogP contribution in [0.3, 0.4) is 0 Å². The molecule has 5 nitrogen and oxygen atoms in total. The van der Waals surface area contributed by atoms with E-state index in [0.717, 1.165) is 5.56 Å². The van der Waals surface area contributed by atoms with Crippen molar-refractivity contribution < 1.29 is 13.2 Å². The predicted molar refractivity (Wildman–Crippen MR) is 81.4 cm³/mol. The average Bonchev–Trinajstić information content (AvgIpc) is 2.41. The third-order valence-corrected chi connectivity index (χ3v) is 4.84. The molecular weight excluding hydrogens is 288 g/mol. The van der Waals surface area contributed by atoms with Crippen molar-refractivity contribution in [2.45, 2.75) is 17.6 Å². The molecule has 0 spiro atoms. The Morgan fingerprint density at radius 2 is 1.71 bits per heavy atom. The van der Waals surface area contributed by atoms with Gasteiger partial charge in [0.05, 0.1) is 16.3 Å². The fourth-order valence-electron chi connectivity index (χ4n) is 1.97. The number of hydrogen-bond donors (Lipinski definition) is 2. The standard InChI is InChI=1S/C15H16N2O3S/c1-10-2-7-13(16)14(8-10)21(19,20)9-11-3-5-12(6-4-11)15(17)18/h2-8H,9,16H2,1H3,(H2,17,18). The average molecular weight is 304 g/mol. The van der Waals surface area contributed by atoms with Crippen LogP contribution in [0, 0.1) is 6.92 Å². The first-order chi connectivity index (χ1) is 9.79. The molecule has 0 saturated carbocycles. The summed E-state index contributed by atoms with van der Waals surface area (Å²) in [5.74, 6) is -0.730. The number of rotatable bonds is 4. The van der Waals surface area contributed by atoms with Gasteiger partial charge in [0.2, 0.25) is 5.91 Å². The van der Waals surface area contributed by atoms with Crippen LogP contribution in [0.15, 0.2) is 47.4 Å². The molecule has 0 aromatic heterocycles. The number of nitrogen functional groups attached to an aromatic ring is 1. The number of hydrogen-bond acceptors (Lipinski definition) is 4. The van der Waals surface area contributed by atoms with E-state index in [9.17, 15) is 13.2 Å². The number of sulfone groups is 1. The van der Waals surface area contributed by atoms with E-state index in [1.807, 2.05) is 0 Å². The van der Waals surface area contributed by atoms with Crippen LogP contribution in [0.2, 0.25) is 0 Å². The lowest BCUT2D eigenvalue weighted by molar-refractivity contribution is 0.100. The largest absolute Gasteiger partial charge is 0.398 e. The van der Waals surface area contributed by atoms with Crippen molar-refractivity contribution in [3.8, 4) is 0 Å². The van der Waals surface area contributed by atoms with E-state index in [4.69, 9.17) is 11.5 Å². The van der Waals surface area contributed by atoms with Crippen LogP contribution in [0.1, 0.15) is 21.5 Å². The normalized spacial score (nSPS) is 11.3. The zero-order chi connectivity index (χ0) is 15.6. The van der Waals surface area contributed by atoms with Crippen molar-refractivity contribution in [1.82, 2.24) is 0 Å². The Labute approximate surface area is 123 Å². The summed E-state index contributed by atoms with van der Waals surface area (Å²) in [5.41, 5.74) is 12.9. The Morgan fingerprint density at radius 1 is 1.10 bits per heavy atom. The highest BCUT2D eigenvalue weighted by atomic mass is 32.2. The molecule has 1 amide bonds. The van der Waals surface area contributed by atoms with Gasteiger partial charge in [-0.15, -0.1) is 0 Å². The number of primary amides is 1. The molecule has 6 heteroatoms. The summed E-state index contributed by atoms with van der Waals surface area (Å²) in [4.78, 5) is 11.1. The van der Waals surface area contributed by atoms with Crippen LogP contribution in [0.4, 0.5) is 5.69 Å². The first kappa shape index (κ1) is 15.1. The quantitative estimate of drug-likeness (QED) is 0.838. The van der Waals surface area contributed by atoms with Crippen molar-refractivity contribution in [3.63, 3.8) is 0 Å². The van der Waals surface area contributed by atoms with Crippen LogP contribution in [-0.2, 0) is 15.6 Å². The molecule has 0 atom stereocenters. The molecule has 0 saturated heterocycles. The van der Waals surface area contributed by atoms with Crippen molar-refractivity contribution in [1.29, 1.82) is 0 Å². The molecule has 2 aromatic rings. The maximum atomic E-state index is 12.4. The fraction of sp³-hybridized carbons (Fsp3) is 0.133. The van der Waals surface area contributed by atoms with Gasteiger partial charge in [0.1, 0.15) is 0 Å². The second-order valence-corrected chi connectivity index (χ2v) is 6.82. The van der Waals surface area contributed by atoms with Gasteiger partial charge < -0.3 is 11.5 Å². The molecule has 0 fully saturated rings. The predicted octanol–water partition coefficient (Wildman–Crippen LogP) is 1.65. The highest BCUT2D eigenvalue weighted by molar-refractivity contribution is 7.90. The summed E-state index contributed by atoms with van der Waals surface area (Å²) in [5, 5.41) is 0. The van der Waals surface area contributed by atoms with Crippen molar-refractivity contribution >= 4 is 21.4 Å². The lowest BCUT2D eigenvalue weighted by atomic mass is 10.1. The second kappa shape index (κ2) is 5.57. The van der Waals surface area contributed by atoms with E-state index in [-0.39, 0.29) is 16.3 Å². The smallest absolute Gasteiger partial charge is 0.248 e. The molecule has 4 N–H and O–H groups in total. The van der Waals surface area contributed by atoms with Gasteiger partial charge in [-0.05, 0) is 42.3 Å². The summed E-state index contributed by atoms with van der Waals surface area (Å²) in [7, 11) is -3.54. The zero-order valence-corrected chi connectivity index (χ0v) is 12.4. The Morgan fingerprint density at radius 3 is 2.29 bits per heavy atom. The van der Waals surface area contributed by atoms with E-state index in [0.29, 0.717) is 11.1 Å². The molecule has 110 valence electrons. The third kappa shape index (κ3) is 3.41. The SMILES string of the molecule is Cc1ccc(N)c(S(=O)(=O)Cc2ccc(C(N)=O)cc2)c1. The molecule has 0 aliphatic heterocycles. The van der Waals surface area contributed by atoms with Crippen molar-refractivity contribution in [2.24, 2.45) is 5.73 Å². The highest BCUT2D eigenvalue weighted by Gasteiger charge is 2.18. The third-order valence-electron chi connectivity index (χ3n) is 3.10. The zero-order valence-electron chi connectivity index (χ0n) is 11.5. The van der Waals surface area contributed by atoms with E-state index in [2.05, 4.69) is 0 Å². The van der Waals surface area contributed by atoms with Gasteiger partial charge in [0.15, 0.2) is 9.84 Å². The van der Waals surface area contributed by atoms with Crippen molar-refractivity contribution in [3.05, 3.63) is 59.2 Å². The molecule has 0 heterocycles. The van der Waals surface area contributed by atoms with Crippen LogP contribution >= 0.6 is 0 Å². The molecule has 0 aliphatic rings. The van der Waals surface area contributed by atoms with Gasteiger partial charge >= 0.3 is 0 Å². The molecule has 0 radical (unpaired) electrons. The number of carbonyl (C=O) groups excluding carboxylic acids is 1. The summed E-state index contributed by atoms with van der Waals surface area (Å²) < 4.78 is 24.8. The van der Waals surface area contributed by atoms with Crippen LogP contribution < -0.4 is 11.5 Å². The van der Waals surface area contributed by atoms with E-state index < -0.39 is 15.7 Å². The van der Waals surface area contributed by atoms with Gasteiger partial charge in [-0.2, -0.15) is 0 Å². The van der Waals surface area contributed by atoms with Crippen LogP contribution in [-0.4, -0.2) is 14.3 Å². The number of anilines is 1. The second-order valence-electron chi connectivity index (χ2n) is 4.86. The molecule has 2 aromatic carbocycles. The number of nitrogens with two attached hydrogens (primary N) is 2. The first-order valence-electron chi connectivity index (χ1n) is 6.27. The summed E-state index contributed by atoms with van der Waals surface area (Å²) in [6, 6.07) is 11.1. The fourth-order valence-corrected chi connectivity index (χ4v) is 3.55. The minimum Gasteiger partial charge on any atom is -0.398 e. The Bertz CT molecular complexity index is 781. The molecule has 0 aliphatic carbocycles. The number of amides is 1. The van der Waals surface area contributed by atoms with Gasteiger partial charge in [0, 0.05) is 5.56 Å². The monoisotopic (exact) mass is 304 g/mol. The summed E-state index contributed by atoms with van der Waals surface area (Å²) >= 11 is 0. The molecule has 0 unspecified atom stereocenters. The first-order valence-corrected chi connectivity index (χ1v) is 7.92. The summed E-state index contributed by atoms with van der Waals surface area (Å²) in [6.07, 6.45) is 0. The summed E-state index contributed by atoms with van der Waals surface area (Å²) in [6.45, 7) is 1.81. The van der Waals surface area contributed by atoms with Gasteiger partial charge in [0.25, 0.3) is 0 Å². The molecule has 21 heavy (non-hydrogen) atoms. The maximum absolute atomic E-state index is 12.4. The van der Waals surface area contributed by atoms with E-state index >= 15 is 0 Å². The molecule has 2 rings (SSSR count). The minimum absolute atomic E-state index is 0.126. The van der Waals surface area contributed by atoms with Crippen LogP contribution in [0.25, 0.3) is 0 Å². The van der Waals surface area contributed by atoms with Gasteiger partial charge in [-0.25, -0.2) is 8.42 Å². The number of aryl methyl sites for hydroxylation is 1. The van der Waals surface area contributed by atoms with Crippen molar-refractivity contribution in [2.75, 3.05) is 5.73 Å². The van der Waals surface area contributed by atoms with E-state index in [1.165, 1.54) is 12.1 Å². The van der Waals surface area contributed by atoms with Crippen LogP contribution in [0.5, 0.6) is 0 Å². The number of benzene rings is 2. The van der Waals surface area contributed by atoms with Gasteiger partial charge in [-0.3, -0.25) is 4.79 Å². The topological polar surface area (TPSA) is 103 Å². The minimum atomic E-state index is -3.54. The molecule has 0 bridgehead atoms. The Kier molecular flexibility index (Phi) is 3.99. The highest BCUT2D eigenvalue weighted by Crippen LogP contribution is 2.23. The van der Waals surface area contributed by atoms with Gasteiger partial charge in [-0.1, -0.05) is 18.2 Å². The lowest BCUT2D eigenvalue weighted by Gasteiger charge is -2.09. The maximum Gasteiger partial charge on any atom is 0.248 e. The Balaban J connectivity index is 2.33. The molecular formula is C15H16N2O3S.